The van der Waals surface area contributed by atoms with Gasteiger partial charge in [-0.1, -0.05) is 6.92 Å². The predicted octanol–water partition coefficient (Wildman–Crippen LogP) is 1.18. The predicted molar refractivity (Wildman–Crippen MR) is 80.8 cm³/mol. The molecule has 2 saturated heterocycles. The van der Waals surface area contributed by atoms with Crippen LogP contribution in [0.5, 0.6) is 0 Å². The molecule has 2 fully saturated rings. The number of hydrogen-bond acceptors (Lipinski definition) is 4. The second-order valence-corrected chi connectivity index (χ2v) is 7.14. The quantitative estimate of drug-likeness (QED) is 0.898. The van der Waals surface area contributed by atoms with Crippen molar-refractivity contribution in [2.45, 2.75) is 25.3 Å². The molecule has 0 bridgehead atoms. The first-order chi connectivity index (χ1) is 9.28. The summed E-state index contributed by atoms with van der Waals surface area (Å²) in [5, 5.41) is 3.48. The van der Waals surface area contributed by atoms with E-state index < -0.39 is 0 Å². The summed E-state index contributed by atoms with van der Waals surface area (Å²) in [6, 6.07) is 0. The molecule has 2 aliphatic rings. The SMILES string of the molecule is CC1(c2cncn2CCN2CCSCC2)CCNC1. The Bertz CT molecular complexity index is 405. The number of nitrogens with one attached hydrogen (secondary N) is 1. The molecule has 2 aliphatic heterocycles. The molecular weight excluding hydrogens is 256 g/mol. The summed E-state index contributed by atoms with van der Waals surface area (Å²) in [5.74, 6) is 2.58. The molecule has 0 radical (unpaired) electrons. The van der Waals surface area contributed by atoms with E-state index in [1.165, 1.54) is 36.7 Å². The highest BCUT2D eigenvalue weighted by Gasteiger charge is 2.33. The van der Waals surface area contributed by atoms with Gasteiger partial charge < -0.3 is 9.88 Å². The van der Waals surface area contributed by atoms with E-state index >= 15 is 0 Å². The van der Waals surface area contributed by atoms with Crippen molar-refractivity contribution < 1.29 is 0 Å². The van der Waals surface area contributed by atoms with Gasteiger partial charge in [0.1, 0.15) is 0 Å². The van der Waals surface area contributed by atoms with Crippen LogP contribution >= 0.6 is 11.8 Å². The monoisotopic (exact) mass is 280 g/mol. The molecule has 1 aromatic heterocycles. The second-order valence-electron chi connectivity index (χ2n) is 5.91. The molecule has 1 N–H and O–H groups in total. The van der Waals surface area contributed by atoms with E-state index in [1.54, 1.807) is 0 Å². The van der Waals surface area contributed by atoms with Crippen LogP contribution in [0.15, 0.2) is 12.5 Å². The Morgan fingerprint density at radius 3 is 2.95 bits per heavy atom. The Hall–Kier alpha value is -0.520. The van der Waals surface area contributed by atoms with Crippen molar-refractivity contribution in [3.8, 4) is 0 Å². The summed E-state index contributed by atoms with van der Waals surface area (Å²) < 4.78 is 2.37. The van der Waals surface area contributed by atoms with Gasteiger partial charge in [-0.3, -0.25) is 4.90 Å². The number of imidazole rings is 1. The maximum Gasteiger partial charge on any atom is 0.0948 e. The molecule has 4 nitrogen and oxygen atoms in total. The normalized spacial score (nSPS) is 28.9. The third kappa shape index (κ3) is 2.98. The average molecular weight is 280 g/mol. The maximum atomic E-state index is 4.39. The van der Waals surface area contributed by atoms with Crippen molar-refractivity contribution in [1.29, 1.82) is 0 Å². The first-order valence-corrected chi connectivity index (χ1v) is 8.45. The van der Waals surface area contributed by atoms with Crippen LogP contribution in [0.3, 0.4) is 0 Å². The van der Waals surface area contributed by atoms with Crippen LogP contribution in [0.1, 0.15) is 19.0 Å². The van der Waals surface area contributed by atoms with Crippen molar-refractivity contribution in [1.82, 2.24) is 19.8 Å². The Kier molecular flexibility index (Phi) is 4.15. The lowest BCUT2D eigenvalue weighted by Gasteiger charge is -2.28. The summed E-state index contributed by atoms with van der Waals surface area (Å²) in [6.45, 7) is 9.30. The molecule has 0 saturated carbocycles. The van der Waals surface area contributed by atoms with E-state index in [-0.39, 0.29) is 5.41 Å². The first-order valence-electron chi connectivity index (χ1n) is 7.29. The van der Waals surface area contributed by atoms with E-state index in [9.17, 15) is 0 Å². The summed E-state index contributed by atoms with van der Waals surface area (Å²) in [6.07, 6.45) is 5.30. The molecule has 3 rings (SSSR count). The van der Waals surface area contributed by atoms with Crippen LogP contribution in [-0.2, 0) is 12.0 Å². The minimum absolute atomic E-state index is 0.272. The molecule has 0 aromatic carbocycles. The topological polar surface area (TPSA) is 33.1 Å². The van der Waals surface area contributed by atoms with E-state index in [0.29, 0.717) is 0 Å². The van der Waals surface area contributed by atoms with E-state index in [4.69, 9.17) is 0 Å². The maximum absolute atomic E-state index is 4.39. The van der Waals surface area contributed by atoms with Crippen LogP contribution < -0.4 is 5.32 Å². The van der Waals surface area contributed by atoms with Crippen LogP contribution in [0.25, 0.3) is 0 Å². The lowest BCUT2D eigenvalue weighted by Crippen LogP contribution is -2.36. The van der Waals surface area contributed by atoms with Gasteiger partial charge in [0.2, 0.25) is 0 Å². The number of hydrogen-bond donors (Lipinski definition) is 1. The van der Waals surface area contributed by atoms with Crippen molar-refractivity contribution in [2.24, 2.45) is 0 Å². The van der Waals surface area contributed by atoms with Crippen LogP contribution in [-0.4, -0.2) is 58.7 Å². The average Bonchev–Trinajstić information content (AvgIpc) is 3.07. The zero-order valence-electron chi connectivity index (χ0n) is 11.8. The Labute approximate surface area is 120 Å². The summed E-state index contributed by atoms with van der Waals surface area (Å²) in [4.78, 5) is 6.97. The number of thioether (sulfide) groups is 1. The second kappa shape index (κ2) is 5.85. The molecule has 0 aliphatic carbocycles. The molecule has 3 heterocycles. The molecular formula is C14H24N4S. The fourth-order valence-electron chi connectivity index (χ4n) is 3.11. The lowest BCUT2D eigenvalue weighted by molar-refractivity contribution is 0.285. The van der Waals surface area contributed by atoms with Gasteiger partial charge in [0, 0.05) is 61.5 Å². The zero-order chi connectivity index (χ0) is 13.1. The van der Waals surface area contributed by atoms with E-state index in [1.807, 2.05) is 6.33 Å². The lowest BCUT2D eigenvalue weighted by atomic mass is 9.86. The molecule has 106 valence electrons. The van der Waals surface area contributed by atoms with Crippen molar-refractivity contribution >= 4 is 11.8 Å². The highest BCUT2D eigenvalue weighted by molar-refractivity contribution is 7.99. The first kappa shape index (κ1) is 13.5. The van der Waals surface area contributed by atoms with E-state index in [0.717, 1.165) is 26.2 Å². The molecule has 1 atom stereocenters. The largest absolute Gasteiger partial charge is 0.333 e. The van der Waals surface area contributed by atoms with Gasteiger partial charge in [-0.2, -0.15) is 11.8 Å². The fraction of sp³-hybridized carbons (Fsp3) is 0.786. The Morgan fingerprint density at radius 1 is 1.37 bits per heavy atom. The highest BCUT2D eigenvalue weighted by atomic mass is 32.2. The summed E-state index contributed by atoms with van der Waals surface area (Å²) in [7, 11) is 0. The molecule has 0 amide bonds. The number of aromatic nitrogens is 2. The molecule has 0 spiro atoms. The van der Waals surface area contributed by atoms with Crippen molar-refractivity contribution in [3.63, 3.8) is 0 Å². The Balaban J connectivity index is 1.63. The van der Waals surface area contributed by atoms with Crippen LogP contribution in [0.4, 0.5) is 0 Å². The van der Waals surface area contributed by atoms with Gasteiger partial charge in [-0.25, -0.2) is 4.98 Å². The molecule has 1 aromatic rings. The van der Waals surface area contributed by atoms with Crippen LogP contribution in [0.2, 0.25) is 0 Å². The van der Waals surface area contributed by atoms with Gasteiger partial charge in [-0.05, 0) is 13.0 Å². The smallest absolute Gasteiger partial charge is 0.0948 e. The van der Waals surface area contributed by atoms with Gasteiger partial charge in [0.15, 0.2) is 0 Å². The summed E-state index contributed by atoms with van der Waals surface area (Å²) in [5.41, 5.74) is 1.68. The minimum atomic E-state index is 0.272. The van der Waals surface area contributed by atoms with E-state index in [2.05, 4.69) is 44.7 Å². The fourth-order valence-corrected chi connectivity index (χ4v) is 4.09. The molecule has 19 heavy (non-hydrogen) atoms. The number of rotatable bonds is 4. The van der Waals surface area contributed by atoms with Gasteiger partial charge >= 0.3 is 0 Å². The standard InChI is InChI=1S/C14H24N4S/c1-14(2-3-15-11-14)13-10-16-12-18(13)5-4-17-6-8-19-9-7-17/h10,12,15H,2-9,11H2,1H3. The van der Waals surface area contributed by atoms with Gasteiger partial charge in [0.05, 0.1) is 6.33 Å². The minimum Gasteiger partial charge on any atom is -0.333 e. The Morgan fingerprint density at radius 2 is 2.21 bits per heavy atom. The molecule has 5 heteroatoms. The van der Waals surface area contributed by atoms with Gasteiger partial charge in [-0.15, -0.1) is 0 Å². The number of nitrogens with zero attached hydrogens (tertiary/aromatic N) is 3. The zero-order valence-corrected chi connectivity index (χ0v) is 12.6. The third-order valence-corrected chi connectivity index (χ3v) is 5.40. The molecule has 1 unspecified atom stereocenters. The van der Waals surface area contributed by atoms with Crippen molar-refractivity contribution in [3.05, 3.63) is 18.2 Å². The highest BCUT2D eigenvalue weighted by Crippen LogP contribution is 2.29. The van der Waals surface area contributed by atoms with Crippen LogP contribution in [0, 0.1) is 0 Å². The third-order valence-electron chi connectivity index (χ3n) is 4.46. The van der Waals surface area contributed by atoms with Gasteiger partial charge in [0.25, 0.3) is 0 Å². The van der Waals surface area contributed by atoms with Crippen molar-refractivity contribution in [2.75, 3.05) is 44.2 Å². The summed E-state index contributed by atoms with van der Waals surface area (Å²) >= 11 is 2.08.